The Balaban J connectivity index is 2.76. The molecular weight excluding hydrogens is 186 g/mol. The molecule has 82 valence electrons. The van der Waals surface area contributed by atoms with E-state index >= 15 is 0 Å². The zero-order chi connectivity index (χ0) is 11.3. The molecule has 0 saturated heterocycles. The van der Waals surface area contributed by atoms with E-state index in [0.717, 1.165) is 12.1 Å². The number of benzene rings is 1. The van der Waals surface area contributed by atoms with Gasteiger partial charge in [-0.15, -0.1) is 0 Å². The van der Waals surface area contributed by atoms with Crippen molar-refractivity contribution >= 4 is 5.78 Å². The van der Waals surface area contributed by atoms with Crippen molar-refractivity contribution in [1.29, 1.82) is 0 Å². The highest BCUT2D eigenvalue weighted by atomic mass is 16.1. The van der Waals surface area contributed by atoms with Gasteiger partial charge in [-0.1, -0.05) is 38.1 Å². The summed E-state index contributed by atoms with van der Waals surface area (Å²) < 4.78 is 0. The first kappa shape index (κ1) is 11.9. The lowest BCUT2D eigenvalue weighted by molar-refractivity contribution is 0.0988. The maximum absolute atomic E-state index is 11.4. The second-order valence-electron chi connectivity index (χ2n) is 3.68. The molecule has 1 N–H and O–H groups in total. The van der Waals surface area contributed by atoms with Crippen molar-refractivity contribution in [2.45, 2.75) is 33.2 Å². The molecule has 15 heavy (non-hydrogen) atoms. The Morgan fingerprint density at radius 1 is 1.27 bits per heavy atom. The summed E-state index contributed by atoms with van der Waals surface area (Å²) in [5, 5.41) is 3.34. The van der Waals surface area contributed by atoms with Crippen LogP contribution in [0.15, 0.2) is 24.3 Å². The smallest absolute Gasteiger partial charge is 0.162 e. The van der Waals surface area contributed by atoms with Gasteiger partial charge in [0.15, 0.2) is 5.78 Å². The van der Waals surface area contributed by atoms with Crippen LogP contribution < -0.4 is 5.32 Å². The molecule has 2 heteroatoms. The van der Waals surface area contributed by atoms with E-state index in [4.69, 9.17) is 0 Å². The summed E-state index contributed by atoms with van der Waals surface area (Å²) in [5.74, 6) is 0.206. The fraction of sp³-hybridized carbons (Fsp3) is 0.462. The third-order valence-corrected chi connectivity index (χ3v) is 2.56. The van der Waals surface area contributed by atoms with Gasteiger partial charge in [-0.05, 0) is 19.0 Å². The van der Waals surface area contributed by atoms with E-state index in [9.17, 15) is 4.79 Å². The molecule has 0 saturated carbocycles. The first-order valence-corrected chi connectivity index (χ1v) is 5.55. The Morgan fingerprint density at radius 3 is 2.33 bits per heavy atom. The van der Waals surface area contributed by atoms with Gasteiger partial charge in [0.2, 0.25) is 0 Å². The van der Waals surface area contributed by atoms with Gasteiger partial charge in [0, 0.05) is 18.0 Å². The zero-order valence-electron chi connectivity index (χ0n) is 9.71. The second-order valence-corrected chi connectivity index (χ2v) is 3.68. The third-order valence-electron chi connectivity index (χ3n) is 2.56. The summed E-state index contributed by atoms with van der Waals surface area (Å²) >= 11 is 0. The number of carbonyl (C=O) groups is 1. The largest absolute Gasteiger partial charge is 0.310 e. The van der Waals surface area contributed by atoms with Crippen molar-refractivity contribution in [2.75, 3.05) is 6.54 Å². The lowest BCUT2D eigenvalue weighted by Gasteiger charge is -2.12. The molecule has 0 amide bonds. The minimum absolute atomic E-state index is 0.206. The van der Waals surface area contributed by atoms with Crippen molar-refractivity contribution in [1.82, 2.24) is 5.32 Å². The number of hydrogen-bond donors (Lipinski definition) is 1. The molecule has 0 aromatic heterocycles. The van der Waals surface area contributed by atoms with Crippen LogP contribution in [0.2, 0.25) is 0 Å². The van der Waals surface area contributed by atoms with Crippen LogP contribution in [0.5, 0.6) is 0 Å². The van der Waals surface area contributed by atoms with Crippen molar-refractivity contribution in [3.63, 3.8) is 0 Å². The van der Waals surface area contributed by atoms with E-state index in [1.807, 2.05) is 31.2 Å². The van der Waals surface area contributed by atoms with Crippen LogP contribution >= 0.6 is 0 Å². The van der Waals surface area contributed by atoms with Crippen LogP contribution in [0.3, 0.4) is 0 Å². The molecule has 0 heterocycles. The van der Waals surface area contributed by atoms with E-state index in [-0.39, 0.29) is 5.78 Å². The van der Waals surface area contributed by atoms with Crippen LogP contribution in [0.1, 0.15) is 49.2 Å². The molecule has 2 nitrogen and oxygen atoms in total. The van der Waals surface area contributed by atoms with Crippen LogP contribution in [-0.2, 0) is 0 Å². The third kappa shape index (κ3) is 3.17. The maximum atomic E-state index is 11.4. The van der Waals surface area contributed by atoms with Gasteiger partial charge >= 0.3 is 0 Å². The van der Waals surface area contributed by atoms with E-state index in [1.165, 1.54) is 5.56 Å². The molecule has 0 spiro atoms. The van der Waals surface area contributed by atoms with Crippen LogP contribution in [0, 0.1) is 0 Å². The van der Waals surface area contributed by atoms with Gasteiger partial charge in [0.05, 0.1) is 0 Å². The topological polar surface area (TPSA) is 29.1 Å². The monoisotopic (exact) mass is 205 g/mol. The molecule has 0 fully saturated rings. The molecule has 1 aromatic rings. The van der Waals surface area contributed by atoms with E-state index in [0.29, 0.717) is 12.5 Å². The Bertz CT molecular complexity index is 316. The summed E-state index contributed by atoms with van der Waals surface area (Å²) in [6.45, 7) is 7.06. The summed E-state index contributed by atoms with van der Waals surface area (Å²) in [6.07, 6.45) is 0.572. The van der Waals surface area contributed by atoms with Crippen LogP contribution in [0.4, 0.5) is 0 Å². The molecular formula is C13H19NO. The predicted octanol–water partition coefficient (Wildman–Crippen LogP) is 2.95. The van der Waals surface area contributed by atoms with Crippen molar-refractivity contribution in [3.8, 4) is 0 Å². The molecule has 1 unspecified atom stereocenters. The summed E-state index contributed by atoms with van der Waals surface area (Å²) in [4.78, 5) is 11.4. The van der Waals surface area contributed by atoms with Crippen molar-refractivity contribution in [3.05, 3.63) is 35.4 Å². The van der Waals surface area contributed by atoms with E-state index < -0.39 is 0 Å². The Kier molecular flexibility index (Phi) is 4.50. The zero-order valence-corrected chi connectivity index (χ0v) is 9.71. The van der Waals surface area contributed by atoms with Crippen molar-refractivity contribution in [2.24, 2.45) is 0 Å². The molecule has 1 rings (SSSR count). The highest BCUT2D eigenvalue weighted by molar-refractivity contribution is 5.95. The first-order valence-electron chi connectivity index (χ1n) is 5.55. The fourth-order valence-electron chi connectivity index (χ4n) is 1.59. The predicted molar refractivity (Wildman–Crippen MR) is 63.2 cm³/mol. The van der Waals surface area contributed by atoms with Gasteiger partial charge in [0.1, 0.15) is 0 Å². The summed E-state index contributed by atoms with van der Waals surface area (Å²) in [7, 11) is 0. The number of nitrogens with one attached hydrogen (secondary N) is 1. The molecule has 0 bridgehead atoms. The number of carbonyl (C=O) groups excluding carboxylic acids is 1. The minimum Gasteiger partial charge on any atom is -0.310 e. The van der Waals surface area contributed by atoms with Gasteiger partial charge in [-0.3, -0.25) is 4.79 Å². The highest BCUT2D eigenvalue weighted by Crippen LogP contribution is 2.13. The molecule has 0 aliphatic heterocycles. The summed E-state index contributed by atoms with van der Waals surface area (Å²) in [5.41, 5.74) is 2.04. The van der Waals surface area contributed by atoms with E-state index in [1.54, 1.807) is 0 Å². The van der Waals surface area contributed by atoms with E-state index in [2.05, 4.69) is 19.2 Å². The molecule has 1 aromatic carbocycles. The van der Waals surface area contributed by atoms with Gasteiger partial charge in [-0.25, -0.2) is 0 Å². The lowest BCUT2D eigenvalue weighted by atomic mass is 10.0. The molecule has 0 radical (unpaired) electrons. The average Bonchev–Trinajstić information content (AvgIpc) is 2.28. The first-order chi connectivity index (χ1) is 7.19. The molecule has 0 aliphatic carbocycles. The Hall–Kier alpha value is -1.15. The number of rotatable bonds is 5. The highest BCUT2D eigenvalue weighted by Gasteiger charge is 2.05. The standard InChI is InChI=1S/C13H19NO/c1-4-13(15)12-8-6-11(7-9-12)10(3)14-5-2/h6-10,14H,4-5H2,1-3H3. The van der Waals surface area contributed by atoms with Crippen LogP contribution in [0.25, 0.3) is 0 Å². The Morgan fingerprint density at radius 2 is 1.87 bits per heavy atom. The minimum atomic E-state index is 0.206. The quantitative estimate of drug-likeness (QED) is 0.749. The normalized spacial score (nSPS) is 12.5. The molecule has 1 atom stereocenters. The Labute approximate surface area is 91.7 Å². The van der Waals surface area contributed by atoms with Crippen LogP contribution in [-0.4, -0.2) is 12.3 Å². The van der Waals surface area contributed by atoms with Crippen molar-refractivity contribution < 1.29 is 4.79 Å². The molecule has 0 aliphatic rings. The maximum Gasteiger partial charge on any atom is 0.162 e. The summed E-state index contributed by atoms with van der Waals surface area (Å²) in [6, 6.07) is 8.22. The lowest BCUT2D eigenvalue weighted by Crippen LogP contribution is -2.17. The van der Waals surface area contributed by atoms with Gasteiger partial charge in [0.25, 0.3) is 0 Å². The SMILES string of the molecule is CCNC(C)c1ccc(C(=O)CC)cc1. The number of hydrogen-bond acceptors (Lipinski definition) is 2. The second kappa shape index (κ2) is 5.66. The number of Topliss-reactive ketones (excluding diaryl/α,β-unsaturated/α-hetero) is 1. The number of ketones is 1. The van der Waals surface area contributed by atoms with Gasteiger partial charge in [-0.2, -0.15) is 0 Å². The van der Waals surface area contributed by atoms with Gasteiger partial charge < -0.3 is 5.32 Å². The average molecular weight is 205 g/mol. The fourth-order valence-corrected chi connectivity index (χ4v) is 1.59.